The van der Waals surface area contributed by atoms with Gasteiger partial charge in [-0.2, -0.15) is 8.42 Å². The highest BCUT2D eigenvalue weighted by Gasteiger charge is 2.43. The Morgan fingerprint density at radius 3 is 2.65 bits per heavy atom. The number of benzene rings is 1. The van der Waals surface area contributed by atoms with Crippen LogP contribution >= 0.6 is 0 Å². The summed E-state index contributed by atoms with van der Waals surface area (Å²) in [6, 6.07) is 5.23. The van der Waals surface area contributed by atoms with Gasteiger partial charge >= 0.3 is 0 Å². The number of hydrogen-bond donors (Lipinski definition) is 2. The molecular formula is C11H14O5S. The minimum atomic E-state index is -4.46. The Hall–Kier alpha value is -1.11. The van der Waals surface area contributed by atoms with E-state index >= 15 is 0 Å². The van der Waals surface area contributed by atoms with Crippen LogP contribution in [0.1, 0.15) is 17.5 Å². The smallest absolute Gasteiger partial charge is 0.295 e. The lowest BCUT2D eigenvalue weighted by Crippen LogP contribution is -2.43. The summed E-state index contributed by atoms with van der Waals surface area (Å²) >= 11 is 0. The van der Waals surface area contributed by atoms with E-state index in [0.29, 0.717) is 12.2 Å². The van der Waals surface area contributed by atoms with Crippen molar-refractivity contribution in [3.8, 4) is 5.75 Å². The van der Waals surface area contributed by atoms with Crippen LogP contribution in [0.2, 0.25) is 0 Å². The fourth-order valence-electron chi connectivity index (χ4n) is 2.07. The third-order valence-corrected chi connectivity index (χ3v) is 4.45. The van der Waals surface area contributed by atoms with Crippen molar-refractivity contribution >= 4 is 10.1 Å². The fraction of sp³-hybridized carbons (Fsp3) is 0.455. The Balaban J connectivity index is 2.38. The highest BCUT2D eigenvalue weighted by Crippen LogP contribution is 2.33. The van der Waals surface area contributed by atoms with Crippen LogP contribution in [0.25, 0.3) is 0 Å². The van der Waals surface area contributed by atoms with Gasteiger partial charge in [-0.25, -0.2) is 0 Å². The van der Waals surface area contributed by atoms with E-state index in [9.17, 15) is 13.5 Å². The number of methoxy groups -OCH3 is 1. The first-order valence-corrected chi connectivity index (χ1v) is 6.65. The molecule has 0 heterocycles. The predicted molar refractivity (Wildman–Crippen MR) is 61.5 cm³/mol. The summed E-state index contributed by atoms with van der Waals surface area (Å²) in [5, 5.41) is 9.91. The number of aliphatic hydroxyl groups is 1. The van der Waals surface area contributed by atoms with Gasteiger partial charge in [-0.1, -0.05) is 6.07 Å². The maximum absolute atomic E-state index is 11.1. The van der Waals surface area contributed by atoms with Crippen LogP contribution < -0.4 is 4.74 Å². The monoisotopic (exact) mass is 258 g/mol. The normalized spacial score (nSPS) is 24.2. The highest BCUT2D eigenvalue weighted by atomic mass is 32.2. The molecule has 0 saturated heterocycles. The molecule has 94 valence electrons. The van der Waals surface area contributed by atoms with E-state index in [2.05, 4.69) is 0 Å². The third kappa shape index (κ3) is 2.15. The SMILES string of the molecule is COc1ccc2c(c1)CCC(O)(S(=O)(=O)O)C2. The molecule has 5 nitrogen and oxygen atoms in total. The Labute approximate surface area is 99.8 Å². The first-order chi connectivity index (χ1) is 7.86. The summed E-state index contributed by atoms with van der Waals surface area (Å²) in [6.45, 7) is 0. The topological polar surface area (TPSA) is 83.8 Å². The summed E-state index contributed by atoms with van der Waals surface area (Å²) in [6.07, 6.45) is 0.292. The van der Waals surface area contributed by atoms with Crippen molar-refractivity contribution < 1.29 is 22.8 Å². The van der Waals surface area contributed by atoms with Crippen LogP contribution in [0, 0.1) is 0 Å². The van der Waals surface area contributed by atoms with Crippen molar-refractivity contribution in [3.63, 3.8) is 0 Å². The molecule has 1 aromatic rings. The molecule has 2 N–H and O–H groups in total. The van der Waals surface area contributed by atoms with Gasteiger partial charge in [0, 0.05) is 6.42 Å². The van der Waals surface area contributed by atoms with Crippen LogP contribution in [0.3, 0.4) is 0 Å². The number of aryl methyl sites for hydroxylation is 1. The summed E-state index contributed by atoms with van der Waals surface area (Å²) in [5.41, 5.74) is 1.66. The predicted octanol–water partition coefficient (Wildman–Crippen LogP) is 0.760. The van der Waals surface area contributed by atoms with E-state index in [4.69, 9.17) is 9.29 Å². The van der Waals surface area contributed by atoms with Gasteiger partial charge < -0.3 is 9.84 Å². The van der Waals surface area contributed by atoms with E-state index in [1.54, 1.807) is 19.2 Å². The molecule has 0 bridgehead atoms. The van der Waals surface area contributed by atoms with E-state index in [0.717, 1.165) is 11.1 Å². The van der Waals surface area contributed by atoms with Gasteiger partial charge in [-0.15, -0.1) is 0 Å². The molecule has 1 atom stereocenters. The lowest BCUT2D eigenvalue weighted by Gasteiger charge is -2.30. The average Bonchev–Trinajstić information content (AvgIpc) is 2.27. The molecule has 0 fully saturated rings. The average molecular weight is 258 g/mol. The van der Waals surface area contributed by atoms with E-state index in [-0.39, 0.29) is 12.8 Å². The molecule has 0 amide bonds. The van der Waals surface area contributed by atoms with Gasteiger partial charge in [0.15, 0.2) is 4.93 Å². The van der Waals surface area contributed by atoms with Crippen molar-refractivity contribution in [3.05, 3.63) is 29.3 Å². The molecule has 1 unspecified atom stereocenters. The maximum atomic E-state index is 11.1. The zero-order chi connectivity index (χ0) is 12.7. The summed E-state index contributed by atoms with van der Waals surface area (Å²) < 4.78 is 36.3. The maximum Gasteiger partial charge on any atom is 0.295 e. The van der Waals surface area contributed by atoms with Crippen LogP contribution in [-0.4, -0.2) is 30.1 Å². The Morgan fingerprint density at radius 2 is 2.06 bits per heavy atom. The van der Waals surface area contributed by atoms with Gasteiger partial charge in [-0.05, 0) is 36.1 Å². The Kier molecular flexibility index (Phi) is 2.89. The highest BCUT2D eigenvalue weighted by molar-refractivity contribution is 7.87. The second-order valence-corrected chi connectivity index (χ2v) is 5.94. The molecule has 2 rings (SSSR count). The van der Waals surface area contributed by atoms with Gasteiger partial charge in [0.1, 0.15) is 5.75 Å². The van der Waals surface area contributed by atoms with Gasteiger partial charge in [0.2, 0.25) is 0 Å². The molecule has 6 heteroatoms. The van der Waals surface area contributed by atoms with Crippen molar-refractivity contribution in [2.24, 2.45) is 0 Å². The zero-order valence-corrected chi connectivity index (χ0v) is 10.2. The van der Waals surface area contributed by atoms with Crippen LogP contribution in [0.4, 0.5) is 0 Å². The van der Waals surface area contributed by atoms with Gasteiger partial charge in [0.05, 0.1) is 7.11 Å². The molecule has 1 aliphatic carbocycles. The van der Waals surface area contributed by atoms with E-state index in [1.165, 1.54) is 0 Å². The lowest BCUT2D eigenvalue weighted by molar-refractivity contribution is 0.0981. The van der Waals surface area contributed by atoms with Crippen molar-refractivity contribution in [2.75, 3.05) is 7.11 Å². The Bertz CT molecular complexity index is 537. The number of fused-ring (bicyclic) bond motifs is 1. The summed E-state index contributed by atoms with van der Waals surface area (Å²) in [4.78, 5) is -2.06. The third-order valence-electron chi connectivity index (χ3n) is 3.15. The molecule has 0 radical (unpaired) electrons. The van der Waals surface area contributed by atoms with Crippen LogP contribution in [-0.2, 0) is 23.0 Å². The first kappa shape index (κ1) is 12.3. The molecule has 0 aliphatic heterocycles. The van der Waals surface area contributed by atoms with E-state index < -0.39 is 15.1 Å². The molecule has 0 aromatic heterocycles. The molecule has 0 saturated carbocycles. The molecule has 1 aliphatic rings. The summed E-state index contributed by atoms with van der Waals surface area (Å²) in [7, 11) is -2.90. The van der Waals surface area contributed by atoms with Crippen LogP contribution in [0.15, 0.2) is 18.2 Å². The van der Waals surface area contributed by atoms with Crippen molar-refractivity contribution in [1.29, 1.82) is 0 Å². The van der Waals surface area contributed by atoms with Gasteiger partial charge in [0.25, 0.3) is 10.1 Å². The minimum absolute atomic E-state index is 0.00794. The fourth-order valence-corrected chi connectivity index (χ4v) is 2.77. The van der Waals surface area contributed by atoms with Crippen molar-refractivity contribution in [2.45, 2.75) is 24.2 Å². The Morgan fingerprint density at radius 1 is 1.35 bits per heavy atom. The lowest BCUT2D eigenvalue weighted by atomic mass is 9.89. The summed E-state index contributed by atoms with van der Waals surface area (Å²) in [5.74, 6) is 0.695. The molecule has 0 spiro atoms. The molecule has 17 heavy (non-hydrogen) atoms. The largest absolute Gasteiger partial charge is 0.497 e. The standard InChI is InChI=1S/C11H14O5S/c1-16-10-3-2-9-7-11(12,17(13,14)15)5-4-8(9)6-10/h2-3,6,12H,4-5,7H2,1H3,(H,13,14,15). The van der Waals surface area contributed by atoms with E-state index in [1.807, 2.05) is 6.07 Å². The van der Waals surface area contributed by atoms with Gasteiger partial charge in [-0.3, -0.25) is 4.55 Å². The number of ether oxygens (including phenoxy) is 1. The second-order valence-electron chi connectivity index (χ2n) is 4.23. The second kappa shape index (κ2) is 3.97. The molecular weight excluding hydrogens is 244 g/mol. The minimum Gasteiger partial charge on any atom is -0.497 e. The zero-order valence-electron chi connectivity index (χ0n) is 9.38. The number of hydrogen-bond acceptors (Lipinski definition) is 4. The first-order valence-electron chi connectivity index (χ1n) is 5.21. The quantitative estimate of drug-likeness (QED) is 0.765. The number of rotatable bonds is 2. The van der Waals surface area contributed by atoms with Crippen molar-refractivity contribution in [1.82, 2.24) is 0 Å². The molecule has 1 aromatic carbocycles. The van der Waals surface area contributed by atoms with Crippen LogP contribution in [0.5, 0.6) is 5.75 Å².